The van der Waals surface area contributed by atoms with E-state index in [4.69, 9.17) is 5.26 Å². The highest BCUT2D eigenvalue weighted by molar-refractivity contribution is 7.90. The Labute approximate surface area is 135 Å². The van der Waals surface area contributed by atoms with Crippen molar-refractivity contribution in [1.29, 1.82) is 5.26 Å². The monoisotopic (exact) mass is 312 g/mol. The zero-order valence-corrected chi connectivity index (χ0v) is 13.9. The summed E-state index contributed by atoms with van der Waals surface area (Å²) in [4.78, 5) is 0. The molecule has 2 aromatic carbocycles. The largest absolute Gasteiger partial charge is 0.598 e. The third kappa shape index (κ3) is 4.11. The van der Waals surface area contributed by atoms with Gasteiger partial charge in [-0.25, -0.2) is 0 Å². The number of hydrogen-bond donors (Lipinski definition) is 1. The molecule has 0 saturated carbocycles. The van der Waals surface area contributed by atoms with Crippen LogP contribution in [0.5, 0.6) is 0 Å². The van der Waals surface area contributed by atoms with Crippen molar-refractivity contribution in [2.24, 2.45) is 0 Å². The molecule has 0 radical (unpaired) electrons. The van der Waals surface area contributed by atoms with Gasteiger partial charge in [0.15, 0.2) is 0 Å². The molecule has 0 aromatic heterocycles. The van der Waals surface area contributed by atoms with Crippen LogP contribution in [-0.2, 0) is 11.4 Å². The fourth-order valence-electron chi connectivity index (χ4n) is 2.05. The molecule has 3 nitrogen and oxygen atoms in total. The van der Waals surface area contributed by atoms with Gasteiger partial charge >= 0.3 is 0 Å². The number of rotatable bonds is 4. The predicted octanol–water partition coefficient (Wildman–Crippen LogP) is 3.70. The van der Waals surface area contributed by atoms with Crippen LogP contribution in [-0.4, -0.2) is 9.30 Å². The lowest BCUT2D eigenvalue weighted by atomic mass is 9.98. The van der Waals surface area contributed by atoms with Crippen LogP contribution in [0.4, 0.5) is 0 Å². The molecule has 2 atom stereocenters. The number of hydrogen-bond acceptors (Lipinski definition) is 3. The molecule has 0 aliphatic heterocycles. The van der Waals surface area contributed by atoms with E-state index in [-0.39, 0.29) is 10.8 Å². The number of nitriles is 1. The van der Waals surface area contributed by atoms with Gasteiger partial charge in [-0.3, -0.25) is 0 Å². The molecule has 2 aromatic rings. The van der Waals surface area contributed by atoms with Crippen molar-refractivity contribution in [2.75, 3.05) is 0 Å². The lowest BCUT2D eigenvalue weighted by Gasteiger charge is -2.28. The highest BCUT2D eigenvalue weighted by Crippen LogP contribution is 2.26. The van der Waals surface area contributed by atoms with Crippen LogP contribution in [0.15, 0.2) is 54.6 Å². The topological polar surface area (TPSA) is 58.9 Å². The quantitative estimate of drug-likeness (QED) is 0.876. The van der Waals surface area contributed by atoms with Crippen LogP contribution >= 0.6 is 0 Å². The fourth-order valence-corrected chi connectivity index (χ4v) is 2.89. The predicted molar refractivity (Wildman–Crippen MR) is 90.5 cm³/mol. The lowest BCUT2D eigenvalue weighted by Crippen LogP contribution is -2.41. The Morgan fingerprint density at radius 3 is 2.27 bits per heavy atom. The number of nitrogens with one attached hydrogen (secondary N) is 1. The van der Waals surface area contributed by atoms with Crippen molar-refractivity contribution < 1.29 is 4.55 Å². The molecule has 0 fully saturated rings. The van der Waals surface area contributed by atoms with Crippen molar-refractivity contribution in [3.05, 3.63) is 71.3 Å². The Morgan fingerprint density at radius 2 is 1.68 bits per heavy atom. The van der Waals surface area contributed by atoms with E-state index in [0.717, 1.165) is 11.1 Å². The molecule has 0 amide bonds. The van der Waals surface area contributed by atoms with Crippen molar-refractivity contribution in [1.82, 2.24) is 4.72 Å². The molecule has 0 saturated heterocycles. The minimum Gasteiger partial charge on any atom is -0.598 e. The van der Waals surface area contributed by atoms with Crippen molar-refractivity contribution in [2.45, 2.75) is 31.6 Å². The second-order valence-electron chi connectivity index (χ2n) is 6.08. The first-order chi connectivity index (χ1) is 10.4. The van der Waals surface area contributed by atoms with E-state index in [2.05, 4.69) is 10.8 Å². The van der Waals surface area contributed by atoms with Gasteiger partial charge in [-0.15, -0.1) is 4.72 Å². The molecule has 1 N–H and O–H groups in total. The van der Waals surface area contributed by atoms with E-state index in [1.165, 1.54) is 0 Å². The van der Waals surface area contributed by atoms with Gasteiger partial charge in [0.05, 0.1) is 11.6 Å². The van der Waals surface area contributed by atoms with E-state index < -0.39 is 11.4 Å². The summed E-state index contributed by atoms with van der Waals surface area (Å²) in [5.41, 5.74) is 2.56. The molecular weight excluding hydrogens is 292 g/mol. The fraction of sp³-hybridized carbons (Fsp3) is 0.278. The van der Waals surface area contributed by atoms with E-state index in [0.29, 0.717) is 5.56 Å². The Balaban J connectivity index is 2.40. The second-order valence-corrected chi connectivity index (χ2v) is 8.08. The summed E-state index contributed by atoms with van der Waals surface area (Å²) < 4.78 is 15.4. The zero-order valence-electron chi connectivity index (χ0n) is 13.0. The minimum atomic E-state index is -1.21. The van der Waals surface area contributed by atoms with Crippen LogP contribution in [0.3, 0.4) is 0 Å². The molecule has 0 bridgehead atoms. The second kappa shape index (κ2) is 6.97. The molecular formula is C18H20N2OS. The molecule has 4 heteroatoms. The van der Waals surface area contributed by atoms with E-state index in [1.54, 1.807) is 6.07 Å². The van der Waals surface area contributed by atoms with Gasteiger partial charge in [0.1, 0.15) is 10.8 Å². The van der Waals surface area contributed by atoms with Crippen molar-refractivity contribution in [3.8, 4) is 6.07 Å². The smallest absolute Gasteiger partial charge is 0.136 e. The summed E-state index contributed by atoms with van der Waals surface area (Å²) in [5, 5.41) is 9.10. The maximum atomic E-state index is 12.5. The first-order valence-corrected chi connectivity index (χ1v) is 8.30. The lowest BCUT2D eigenvalue weighted by molar-refractivity contribution is 0.535. The average Bonchev–Trinajstić information content (AvgIpc) is 2.52. The van der Waals surface area contributed by atoms with Gasteiger partial charge in [-0.1, -0.05) is 42.5 Å². The number of benzene rings is 2. The molecule has 0 aliphatic rings. The first-order valence-electron chi connectivity index (χ1n) is 7.15. The Morgan fingerprint density at radius 1 is 1.05 bits per heavy atom. The highest BCUT2D eigenvalue weighted by atomic mass is 32.2. The Bertz CT molecular complexity index is 659. The van der Waals surface area contributed by atoms with E-state index in [9.17, 15) is 4.55 Å². The SMILES string of the molecule is CC(C)(C)[S+]([O-])N[C@@H](c1ccccc1)c1cccc(C#N)c1. The summed E-state index contributed by atoms with van der Waals surface area (Å²) in [6.45, 7) is 5.80. The molecule has 1 unspecified atom stereocenters. The standard InChI is InChI=1S/C18H20N2OS/c1-18(2,3)22(21)20-17(15-9-5-4-6-10-15)16-11-7-8-14(12-16)13-19/h4-12,17,20H,1-3H3/t17-,22?/m0/s1. The third-order valence-electron chi connectivity index (χ3n) is 3.26. The van der Waals surface area contributed by atoms with Crippen LogP contribution in [0.25, 0.3) is 0 Å². The van der Waals surface area contributed by atoms with Crippen LogP contribution in [0, 0.1) is 11.3 Å². The van der Waals surface area contributed by atoms with E-state index in [1.807, 2.05) is 69.3 Å². The zero-order chi connectivity index (χ0) is 16.2. The van der Waals surface area contributed by atoms with Crippen LogP contribution < -0.4 is 4.72 Å². The van der Waals surface area contributed by atoms with Gasteiger partial charge in [0, 0.05) is 11.4 Å². The molecule has 114 valence electrons. The normalized spacial score (nSPS) is 14.1. The van der Waals surface area contributed by atoms with Crippen LogP contribution in [0.1, 0.15) is 43.5 Å². The Kier molecular flexibility index (Phi) is 5.25. The molecule has 0 heterocycles. The van der Waals surface area contributed by atoms with Crippen molar-refractivity contribution in [3.63, 3.8) is 0 Å². The van der Waals surface area contributed by atoms with Gasteiger partial charge in [-0.2, -0.15) is 5.26 Å². The Hall–Kier alpha value is -1.80. The third-order valence-corrected chi connectivity index (χ3v) is 4.83. The molecule has 0 spiro atoms. The highest BCUT2D eigenvalue weighted by Gasteiger charge is 2.30. The maximum absolute atomic E-state index is 12.5. The summed E-state index contributed by atoms with van der Waals surface area (Å²) in [5.74, 6) is 0. The van der Waals surface area contributed by atoms with E-state index >= 15 is 0 Å². The molecule has 2 rings (SSSR count). The minimum absolute atomic E-state index is 0.213. The van der Waals surface area contributed by atoms with Gasteiger partial charge < -0.3 is 4.55 Å². The maximum Gasteiger partial charge on any atom is 0.136 e. The van der Waals surface area contributed by atoms with Crippen molar-refractivity contribution >= 4 is 11.4 Å². The summed E-state index contributed by atoms with van der Waals surface area (Å²) >= 11 is -1.21. The first kappa shape index (κ1) is 16.6. The number of nitrogens with zero attached hydrogens (tertiary/aromatic N) is 1. The average molecular weight is 312 g/mol. The van der Waals surface area contributed by atoms with Gasteiger partial charge in [0.2, 0.25) is 0 Å². The van der Waals surface area contributed by atoms with Crippen LogP contribution in [0.2, 0.25) is 0 Å². The summed E-state index contributed by atoms with van der Waals surface area (Å²) in [6, 6.07) is 19.2. The van der Waals surface area contributed by atoms with Gasteiger partial charge in [-0.05, 0) is 44.0 Å². The molecule has 22 heavy (non-hydrogen) atoms. The van der Waals surface area contributed by atoms with Gasteiger partial charge in [0.25, 0.3) is 0 Å². The summed E-state index contributed by atoms with van der Waals surface area (Å²) in [6.07, 6.45) is 0. The summed E-state index contributed by atoms with van der Waals surface area (Å²) in [7, 11) is 0. The molecule has 0 aliphatic carbocycles.